The van der Waals surface area contributed by atoms with Crippen LogP contribution in [0.15, 0.2) is 78.1 Å². The van der Waals surface area contributed by atoms with Crippen LogP contribution in [-0.4, -0.2) is 53.7 Å². The summed E-state index contributed by atoms with van der Waals surface area (Å²) in [5.74, 6) is -0.189. The number of hydrogen-bond donors (Lipinski definition) is 2. The fourth-order valence-corrected chi connectivity index (χ4v) is 6.80. The van der Waals surface area contributed by atoms with Gasteiger partial charge < -0.3 is 20.1 Å². The highest BCUT2D eigenvalue weighted by Crippen LogP contribution is 2.43. The average Bonchev–Trinajstić information content (AvgIpc) is 3.75. The first kappa shape index (κ1) is 30.7. The van der Waals surface area contributed by atoms with E-state index in [1.165, 1.54) is 0 Å². The summed E-state index contributed by atoms with van der Waals surface area (Å²) >= 11 is 0. The number of rotatable bonds is 10. The second-order valence-electron chi connectivity index (χ2n) is 13.3. The van der Waals surface area contributed by atoms with Gasteiger partial charge in [0.25, 0.3) is 0 Å². The Kier molecular flexibility index (Phi) is 9.21. The monoisotopic (exact) mass is 583 g/mol. The Bertz CT molecular complexity index is 1390. The number of hydrogen-bond acceptors (Lipinski definition) is 6. The Hall–Kier alpha value is -3.71. The summed E-state index contributed by atoms with van der Waals surface area (Å²) < 4.78 is 6.12. The normalized spacial score (nSPS) is 24.6. The van der Waals surface area contributed by atoms with E-state index in [2.05, 4.69) is 29.0 Å². The quantitative estimate of drug-likeness (QED) is 0.330. The molecule has 43 heavy (non-hydrogen) atoms. The maximum Gasteiger partial charge on any atom is 0.224 e. The molecule has 7 heteroatoms. The van der Waals surface area contributed by atoms with Gasteiger partial charge in [-0.3, -0.25) is 14.6 Å². The molecule has 228 valence electrons. The van der Waals surface area contributed by atoms with Crippen molar-refractivity contribution in [3.05, 3.63) is 78.6 Å². The zero-order chi connectivity index (χ0) is 30.7. The molecular weight excluding hydrogens is 538 g/mol. The van der Waals surface area contributed by atoms with Gasteiger partial charge in [0.15, 0.2) is 5.78 Å². The van der Waals surface area contributed by atoms with Gasteiger partial charge in [-0.1, -0.05) is 82.0 Å². The number of ketones is 1. The number of nitrogens with one attached hydrogen (secondary N) is 1. The van der Waals surface area contributed by atoms with Crippen molar-refractivity contribution in [2.75, 3.05) is 13.7 Å². The lowest BCUT2D eigenvalue weighted by Crippen LogP contribution is -2.50. The van der Waals surface area contributed by atoms with E-state index in [4.69, 9.17) is 4.74 Å². The van der Waals surface area contributed by atoms with Crippen LogP contribution in [0.5, 0.6) is 5.75 Å². The fraction of sp³-hybridized carbons (Fsp3) is 0.472. The van der Waals surface area contributed by atoms with Crippen LogP contribution < -0.4 is 10.1 Å². The lowest BCUT2D eigenvalue weighted by Gasteiger charge is -2.39. The molecule has 2 aromatic carbocycles. The third-order valence-electron chi connectivity index (χ3n) is 8.87. The Morgan fingerprint density at radius 3 is 2.47 bits per heavy atom. The molecule has 2 aliphatic carbocycles. The van der Waals surface area contributed by atoms with Crippen LogP contribution in [0.1, 0.15) is 64.5 Å². The molecule has 1 amide bonds. The van der Waals surface area contributed by atoms with E-state index < -0.39 is 29.4 Å². The molecule has 0 radical (unpaired) electrons. The van der Waals surface area contributed by atoms with E-state index in [0.29, 0.717) is 18.9 Å². The highest BCUT2D eigenvalue weighted by Gasteiger charge is 2.48. The number of aliphatic hydroxyl groups is 1. The fourth-order valence-electron chi connectivity index (χ4n) is 6.80. The Labute approximate surface area is 255 Å². The van der Waals surface area contributed by atoms with Gasteiger partial charge in [-0.25, -0.2) is 0 Å². The number of nitrogens with zero attached hydrogens (tertiary/aromatic N) is 2. The van der Waals surface area contributed by atoms with Crippen LogP contribution in [0, 0.1) is 23.2 Å². The number of ether oxygens (including phenoxy) is 1. The second-order valence-corrected chi connectivity index (χ2v) is 13.3. The van der Waals surface area contributed by atoms with E-state index in [0.717, 1.165) is 41.0 Å². The molecule has 3 aliphatic rings. The minimum absolute atomic E-state index is 0.00969. The molecule has 7 nitrogen and oxygen atoms in total. The predicted octanol–water partition coefficient (Wildman–Crippen LogP) is 6.10. The van der Waals surface area contributed by atoms with Crippen LogP contribution in [-0.2, 0) is 9.59 Å². The van der Waals surface area contributed by atoms with Crippen molar-refractivity contribution in [2.45, 2.75) is 71.1 Å². The Morgan fingerprint density at radius 2 is 1.79 bits per heavy atom. The van der Waals surface area contributed by atoms with Gasteiger partial charge >= 0.3 is 0 Å². The van der Waals surface area contributed by atoms with Gasteiger partial charge in [-0.2, -0.15) is 0 Å². The molecule has 5 rings (SSSR count). The number of likely N-dealkylation sites (N-methyl/N-ethyl adjacent to an activating group) is 1. The molecule has 0 bridgehead atoms. The first-order chi connectivity index (χ1) is 20.6. The van der Waals surface area contributed by atoms with E-state index in [-0.39, 0.29) is 30.6 Å². The third-order valence-corrected chi connectivity index (χ3v) is 8.87. The van der Waals surface area contributed by atoms with Crippen LogP contribution >= 0.6 is 0 Å². The van der Waals surface area contributed by atoms with Crippen molar-refractivity contribution in [1.82, 2.24) is 10.2 Å². The molecule has 2 saturated carbocycles. The largest absolute Gasteiger partial charge is 0.492 e. The molecule has 5 unspecified atom stereocenters. The van der Waals surface area contributed by atoms with Crippen molar-refractivity contribution < 1.29 is 19.4 Å². The summed E-state index contributed by atoms with van der Waals surface area (Å²) in [6.45, 7) is 10.4. The molecule has 0 saturated heterocycles. The van der Waals surface area contributed by atoms with E-state index in [1.807, 2.05) is 75.3 Å². The predicted molar refractivity (Wildman–Crippen MR) is 171 cm³/mol. The number of benzene rings is 2. The van der Waals surface area contributed by atoms with Crippen LogP contribution in [0.3, 0.4) is 0 Å². The highest BCUT2D eigenvalue weighted by molar-refractivity contribution is 5.93. The maximum absolute atomic E-state index is 14.3. The van der Waals surface area contributed by atoms with Gasteiger partial charge in [0.2, 0.25) is 5.91 Å². The number of amides is 1. The topological polar surface area (TPSA) is 91.2 Å². The van der Waals surface area contributed by atoms with Crippen molar-refractivity contribution in [2.24, 2.45) is 28.2 Å². The first-order valence-corrected chi connectivity index (χ1v) is 15.5. The summed E-state index contributed by atoms with van der Waals surface area (Å²) in [4.78, 5) is 34.8. The molecule has 2 fully saturated rings. The van der Waals surface area contributed by atoms with Gasteiger partial charge in [-0.15, -0.1) is 0 Å². The summed E-state index contributed by atoms with van der Waals surface area (Å²) in [5, 5.41) is 14.0. The molecule has 1 heterocycles. The van der Waals surface area contributed by atoms with Crippen molar-refractivity contribution >= 4 is 17.9 Å². The summed E-state index contributed by atoms with van der Waals surface area (Å²) in [6.07, 6.45) is 8.00. The Morgan fingerprint density at radius 1 is 1.07 bits per heavy atom. The molecule has 5 atom stereocenters. The number of carbonyl (C=O) groups is 2. The van der Waals surface area contributed by atoms with Crippen molar-refractivity contribution in [3.8, 4) is 16.9 Å². The summed E-state index contributed by atoms with van der Waals surface area (Å²) in [6, 6.07) is 15.4. The number of fused-ring (bicyclic) bond motifs is 1. The smallest absolute Gasteiger partial charge is 0.224 e. The van der Waals surface area contributed by atoms with Crippen LogP contribution in [0.25, 0.3) is 11.1 Å². The number of Topliss-reactive ketones (excluding diaryl/α,β-unsaturated/α-hetero) is 1. The van der Waals surface area contributed by atoms with Gasteiger partial charge in [-0.05, 0) is 36.7 Å². The van der Waals surface area contributed by atoms with Crippen molar-refractivity contribution in [3.63, 3.8) is 0 Å². The standard InChI is InChI=1S/C36H45N3O4/c1-6-18-37-31(24-15-16-24)22-39(5)34(36(2,3)4)32(41)28-20-25(40)21-29(28)35(42)38-30-17-19-43-33-26(13-10-14-27(30)33)23-11-8-7-9-12-23/h6-14,18,22,24-25,28-30,34,40H,1,15-17,19-21H2,2-5H3,(H,38,42)/b31-22-,37-18?. The minimum Gasteiger partial charge on any atom is -0.492 e. The molecule has 0 spiro atoms. The number of carbonyl (C=O) groups excluding carboxylic acids is 2. The van der Waals surface area contributed by atoms with Crippen LogP contribution in [0.2, 0.25) is 0 Å². The zero-order valence-electron chi connectivity index (χ0n) is 25.8. The van der Waals surface area contributed by atoms with Crippen molar-refractivity contribution in [1.29, 1.82) is 0 Å². The maximum atomic E-state index is 14.3. The summed E-state index contributed by atoms with van der Waals surface area (Å²) in [5.41, 5.74) is 3.53. The SMILES string of the molecule is C=CC=N/C(=C\N(C)C(C(=O)C1CC(O)CC1C(=O)NC1CCOc2c(-c3ccccc3)cccc21)C(C)(C)C)C1CC1. The molecule has 2 N–H and O–H groups in total. The lowest BCUT2D eigenvalue weighted by molar-refractivity contribution is -0.137. The van der Waals surface area contributed by atoms with E-state index in [9.17, 15) is 14.7 Å². The van der Waals surface area contributed by atoms with E-state index in [1.54, 1.807) is 12.3 Å². The minimum atomic E-state index is -0.697. The van der Waals surface area contributed by atoms with Gasteiger partial charge in [0, 0.05) is 48.8 Å². The molecular formula is C36H45N3O4. The molecule has 0 aromatic heterocycles. The average molecular weight is 584 g/mol. The number of para-hydroxylation sites is 1. The van der Waals surface area contributed by atoms with Gasteiger partial charge in [0.1, 0.15) is 5.75 Å². The molecule has 2 aromatic rings. The number of allylic oxidation sites excluding steroid dienone is 2. The van der Waals surface area contributed by atoms with Crippen LogP contribution in [0.4, 0.5) is 0 Å². The second kappa shape index (κ2) is 12.9. The van der Waals surface area contributed by atoms with E-state index >= 15 is 0 Å². The Balaban J connectivity index is 1.37. The number of aliphatic imine (C=N–C) groups is 1. The number of aliphatic hydroxyl groups excluding tert-OH is 1. The van der Waals surface area contributed by atoms with Gasteiger partial charge in [0.05, 0.1) is 36.4 Å². The first-order valence-electron chi connectivity index (χ1n) is 15.5. The highest BCUT2D eigenvalue weighted by atomic mass is 16.5. The lowest BCUT2D eigenvalue weighted by atomic mass is 9.76. The molecule has 1 aliphatic heterocycles. The summed E-state index contributed by atoms with van der Waals surface area (Å²) in [7, 11) is 1.92. The third kappa shape index (κ3) is 6.93. The zero-order valence-corrected chi connectivity index (χ0v) is 25.8.